The Morgan fingerprint density at radius 2 is 1.44 bits per heavy atom. The zero-order chi connectivity index (χ0) is 23.5. The van der Waals surface area contributed by atoms with Gasteiger partial charge in [-0.05, 0) is 54.6 Å². The van der Waals surface area contributed by atoms with Gasteiger partial charge in [-0.15, -0.1) is 0 Å². The van der Waals surface area contributed by atoms with Crippen LogP contribution in [0.4, 0.5) is 11.4 Å². The highest BCUT2D eigenvalue weighted by atomic mass is 35.5. The molecule has 2 amide bonds. The molecule has 9 heteroatoms. The van der Waals surface area contributed by atoms with Crippen LogP contribution in [0.3, 0.4) is 0 Å². The van der Waals surface area contributed by atoms with Crippen LogP contribution in [0.15, 0.2) is 77.7 Å². The van der Waals surface area contributed by atoms with Gasteiger partial charge in [0.05, 0.1) is 21.3 Å². The van der Waals surface area contributed by atoms with Gasteiger partial charge in [0.1, 0.15) is 0 Å². The van der Waals surface area contributed by atoms with Gasteiger partial charge in [0.15, 0.2) is 0 Å². The molecule has 0 unspecified atom stereocenters. The van der Waals surface area contributed by atoms with Gasteiger partial charge >= 0.3 is 0 Å². The highest BCUT2D eigenvalue weighted by Crippen LogP contribution is 2.25. The average Bonchev–Trinajstić information content (AvgIpc) is 2.80. The van der Waals surface area contributed by atoms with Gasteiger partial charge in [-0.25, -0.2) is 8.42 Å². The molecule has 0 spiro atoms. The Hall–Kier alpha value is -3.36. The highest BCUT2D eigenvalue weighted by Gasteiger charge is 2.22. The summed E-state index contributed by atoms with van der Waals surface area (Å²) in [5.41, 5.74) is 1.42. The number of nitrogens with one attached hydrogen (secondary N) is 1. The highest BCUT2D eigenvalue weighted by molar-refractivity contribution is 7.92. The van der Waals surface area contributed by atoms with Crippen LogP contribution in [-0.2, 0) is 10.0 Å². The summed E-state index contributed by atoms with van der Waals surface area (Å²) >= 11 is 6.17. The number of halogens is 1. The van der Waals surface area contributed by atoms with E-state index < -0.39 is 15.9 Å². The zero-order valence-electron chi connectivity index (χ0n) is 17.7. The number of amides is 2. The molecule has 0 fully saturated rings. The first-order valence-electron chi connectivity index (χ1n) is 9.58. The van der Waals surface area contributed by atoms with Gasteiger partial charge in [0.25, 0.3) is 21.8 Å². The summed E-state index contributed by atoms with van der Waals surface area (Å²) in [6.45, 7) is 0. The zero-order valence-corrected chi connectivity index (χ0v) is 19.3. The fourth-order valence-corrected chi connectivity index (χ4v) is 4.28. The number of benzene rings is 3. The number of carbonyl (C=O) groups is 2. The smallest absolute Gasteiger partial charge is 0.264 e. The minimum atomic E-state index is -3.79. The van der Waals surface area contributed by atoms with Crippen LogP contribution in [0.1, 0.15) is 20.7 Å². The summed E-state index contributed by atoms with van der Waals surface area (Å²) in [6, 6.07) is 18.9. The Balaban J connectivity index is 1.80. The van der Waals surface area contributed by atoms with E-state index in [2.05, 4.69) is 5.32 Å². The number of anilines is 2. The van der Waals surface area contributed by atoms with Gasteiger partial charge in [-0.3, -0.25) is 13.9 Å². The Morgan fingerprint density at radius 1 is 0.844 bits per heavy atom. The largest absolute Gasteiger partial charge is 0.345 e. The molecule has 0 atom stereocenters. The van der Waals surface area contributed by atoms with Crippen molar-refractivity contribution in [2.45, 2.75) is 4.90 Å². The van der Waals surface area contributed by atoms with Crippen LogP contribution in [0.25, 0.3) is 0 Å². The van der Waals surface area contributed by atoms with Crippen molar-refractivity contribution in [3.8, 4) is 0 Å². The molecule has 0 heterocycles. The second-order valence-electron chi connectivity index (χ2n) is 7.18. The fraction of sp³-hybridized carbons (Fsp3) is 0.130. The molecule has 0 aliphatic heterocycles. The molecule has 0 bridgehead atoms. The van der Waals surface area contributed by atoms with Crippen molar-refractivity contribution in [1.29, 1.82) is 0 Å². The Bertz CT molecular complexity index is 1240. The standard InChI is InChI=1S/C23H22ClN3O4S/c1-26(2)23(29)17-11-14-20(24)21(15-17)25-22(28)16-9-12-19(13-10-16)32(30,31)27(3)18-7-5-4-6-8-18/h4-15H,1-3H3,(H,25,28). The Morgan fingerprint density at radius 3 is 2.03 bits per heavy atom. The van der Waals surface area contributed by atoms with E-state index in [1.807, 2.05) is 0 Å². The summed E-state index contributed by atoms with van der Waals surface area (Å²) in [7, 11) is 0.933. The van der Waals surface area contributed by atoms with Gasteiger partial charge in [0, 0.05) is 32.3 Å². The van der Waals surface area contributed by atoms with E-state index in [0.29, 0.717) is 11.3 Å². The molecule has 0 radical (unpaired) electrons. The Kier molecular flexibility index (Phi) is 6.86. The molecule has 3 aromatic rings. The topological polar surface area (TPSA) is 86.8 Å². The first kappa shape index (κ1) is 23.3. The van der Waals surface area contributed by atoms with E-state index in [9.17, 15) is 18.0 Å². The van der Waals surface area contributed by atoms with E-state index in [-0.39, 0.29) is 27.1 Å². The maximum Gasteiger partial charge on any atom is 0.264 e. The lowest BCUT2D eigenvalue weighted by Gasteiger charge is -2.19. The van der Waals surface area contributed by atoms with Crippen LogP contribution in [0.5, 0.6) is 0 Å². The summed E-state index contributed by atoms with van der Waals surface area (Å²) in [4.78, 5) is 26.3. The van der Waals surface area contributed by atoms with Crippen molar-refractivity contribution in [2.24, 2.45) is 0 Å². The van der Waals surface area contributed by atoms with Crippen LogP contribution >= 0.6 is 11.6 Å². The molecule has 32 heavy (non-hydrogen) atoms. The maximum absolute atomic E-state index is 12.9. The summed E-state index contributed by atoms with van der Waals surface area (Å²) in [5, 5.41) is 2.94. The molecule has 166 valence electrons. The number of sulfonamides is 1. The van der Waals surface area contributed by atoms with Crippen LogP contribution in [0.2, 0.25) is 5.02 Å². The molecule has 7 nitrogen and oxygen atoms in total. The van der Waals surface area contributed by atoms with Crippen LogP contribution in [-0.4, -0.2) is 46.3 Å². The quantitative estimate of drug-likeness (QED) is 0.585. The van der Waals surface area contributed by atoms with Gasteiger partial charge in [0.2, 0.25) is 0 Å². The number of nitrogens with zero attached hydrogens (tertiary/aromatic N) is 2. The van der Waals surface area contributed by atoms with E-state index >= 15 is 0 Å². The van der Waals surface area contributed by atoms with Gasteiger partial charge in [-0.2, -0.15) is 0 Å². The number of para-hydroxylation sites is 1. The van der Waals surface area contributed by atoms with Crippen molar-refractivity contribution < 1.29 is 18.0 Å². The molecule has 0 aliphatic rings. The summed E-state index contributed by atoms with van der Waals surface area (Å²) in [5.74, 6) is -0.712. The second-order valence-corrected chi connectivity index (χ2v) is 9.56. The summed E-state index contributed by atoms with van der Waals surface area (Å²) < 4.78 is 26.9. The predicted octanol–water partition coefficient (Wildman–Crippen LogP) is 4.12. The third-order valence-electron chi connectivity index (χ3n) is 4.76. The molecule has 0 aliphatic carbocycles. The molecular weight excluding hydrogens is 450 g/mol. The first-order chi connectivity index (χ1) is 15.1. The normalized spacial score (nSPS) is 11.0. The van der Waals surface area contributed by atoms with Crippen molar-refractivity contribution in [2.75, 3.05) is 30.8 Å². The van der Waals surface area contributed by atoms with E-state index in [1.165, 1.54) is 52.7 Å². The average molecular weight is 472 g/mol. The molecule has 0 saturated heterocycles. The van der Waals surface area contributed by atoms with Crippen molar-refractivity contribution in [3.05, 3.63) is 88.9 Å². The molecule has 0 saturated carbocycles. The first-order valence-corrected chi connectivity index (χ1v) is 11.4. The van der Waals surface area contributed by atoms with Crippen LogP contribution in [0, 0.1) is 0 Å². The third kappa shape index (κ3) is 4.92. The Labute approximate surface area is 192 Å². The molecule has 1 N–H and O–H groups in total. The third-order valence-corrected chi connectivity index (χ3v) is 6.89. The van der Waals surface area contributed by atoms with Crippen LogP contribution < -0.4 is 9.62 Å². The number of hydrogen-bond acceptors (Lipinski definition) is 4. The molecular formula is C23H22ClN3O4S. The van der Waals surface area contributed by atoms with Crippen molar-refractivity contribution in [3.63, 3.8) is 0 Å². The maximum atomic E-state index is 12.9. The number of hydrogen-bond donors (Lipinski definition) is 1. The van der Waals surface area contributed by atoms with Crippen molar-refractivity contribution >= 4 is 44.8 Å². The minimum Gasteiger partial charge on any atom is -0.345 e. The number of carbonyl (C=O) groups excluding carboxylic acids is 2. The monoisotopic (exact) mass is 471 g/mol. The fourth-order valence-electron chi connectivity index (χ4n) is 2.92. The van der Waals surface area contributed by atoms with E-state index in [0.717, 1.165) is 0 Å². The second kappa shape index (κ2) is 9.42. The summed E-state index contributed by atoms with van der Waals surface area (Å²) in [6.07, 6.45) is 0. The molecule has 0 aromatic heterocycles. The predicted molar refractivity (Wildman–Crippen MR) is 126 cm³/mol. The molecule has 3 rings (SSSR count). The molecule has 3 aromatic carbocycles. The van der Waals surface area contributed by atoms with E-state index in [4.69, 9.17) is 11.6 Å². The minimum absolute atomic E-state index is 0.0528. The van der Waals surface area contributed by atoms with E-state index in [1.54, 1.807) is 50.5 Å². The lowest BCUT2D eigenvalue weighted by molar-refractivity contribution is 0.0827. The van der Waals surface area contributed by atoms with Crippen molar-refractivity contribution in [1.82, 2.24) is 4.90 Å². The SMILES string of the molecule is CN(C)C(=O)c1ccc(Cl)c(NC(=O)c2ccc(S(=O)(=O)N(C)c3ccccc3)cc2)c1. The van der Waals surface area contributed by atoms with Gasteiger partial charge in [-0.1, -0.05) is 29.8 Å². The van der Waals surface area contributed by atoms with Gasteiger partial charge < -0.3 is 10.2 Å². The lowest BCUT2D eigenvalue weighted by Crippen LogP contribution is -2.26. The lowest BCUT2D eigenvalue weighted by atomic mass is 10.1. The number of rotatable bonds is 6.